The summed E-state index contributed by atoms with van der Waals surface area (Å²) in [6, 6.07) is 10.5. The average molecular weight is 256 g/mol. The van der Waals surface area contributed by atoms with Gasteiger partial charge in [0, 0.05) is 24.7 Å². The molecule has 0 saturated carbocycles. The Bertz CT molecular complexity index is 580. The molecule has 0 aliphatic carbocycles. The van der Waals surface area contributed by atoms with Gasteiger partial charge in [-0.1, -0.05) is 12.1 Å². The van der Waals surface area contributed by atoms with Gasteiger partial charge in [0.15, 0.2) is 0 Å². The smallest absolute Gasteiger partial charge is 0.0746 e. The van der Waals surface area contributed by atoms with Crippen LogP contribution >= 0.6 is 0 Å². The predicted molar refractivity (Wildman–Crippen MR) is 76.9 cm³/mol. The molecule has 2 aromatic rings. The third-order valence-corrected chi connectivity index (χ3v) is 3.83. The van der Waals surface area contributed by atoms with E-state index in [4.69, 9.17) is 0 Å². The van der Waals surface area contributed by atoms with Crippen LogP contribution in [-0.2, 0) is 6.54 Å². The molecule has 1 fully saturated rings. The highest BCUT2D eigenvalue weighted by molar-refractivity contribution is 5.78. The van der Waals surface area contributed by atoms with Crippen molar-refractivity contribution in [1.82, 2.24) is 9.88 Å². The van der Waals surface area contributed by atoms with Gasteiger partial charge in [-0.05, 0) is 50.1 Å². The van der Waals surface area contributed by atoms with Gasteiger partial charge in [0.2, 0.25) is 0 Å². The van der Waals surface area contributed by atoms with Crippen molar-refractivity contribution in [2.45, 2.75) is 31.9 Å². The monoisotopic (exact) mass is 256 g/mol. The van der Waals surface area contributed by atoms with E-state index in [9.17, 15) is 5.11 Å². The molecule has 0 bridgehead atoms. The highest BCUT2D eigenvalue weighted by atomic mass is 16.3. The molecule has 0 amide bonds. The number of hydrogen-bond donors (Lipinski definition) is 1. The number of aliphatic hydroxyl groups is 1. The quantitative estimate of drug-likeness (QED) is 0.897. The molecule has 1 atom stereocenters. The van der Waals surface area contributed by atoms with E-state index in [0.717, 1.165) is 38.0 Å². The minimum absolute atomic E-state index is 0.531. The van der Waals surface area contributed by atoms with Crippen LogP contribution in [-0.4, -0.2) is 33.7 Å². The number of likely N-dealkylation sites (tertiary alicyclic amines) is 1. The number of nitrogens with zero attached hydrogens (tertiary/aromatic N) is 2. The lowest BCUT2D eigenvalue weighted by atomic mass is 9.95. The highest BCUT2D eigenvalue weighted by Crippen LogP contribution is 2.22. The van der Waals surface area contributed by atoms with Crippen LogP contribution in [0.2, 0.25) is 0 Å². The number of pyridine rings is 1. The van der Waals surface area contributed by atoms with Crippen molar-refractivity contribution in [2.75, 3.05) is 13.1 Å². The fourth-order valence-electron chi connectivity index (χ4n) is 2.94. The van der Waals surface area contributed by atoms with Crippen LogP contribution in [0.1, 0.15) is 25.3 Å². The Morgan fingerprint density at radius 2 is 2.26 bits per heavy atom. The third kappa shape index (κ3) is 2.94. The second kappa shape index (κ2) is 4.91. The zero-order valence-electron chi connectivity index (χ0n) is 11.3. The van der Waals surface area contributed by atoms with E-state index in [1.165, 1.54) is 10.9 Å². The molecule has 0 radical (unpaired) electrons. The van der Waals surface area contributed by atoms with Crippen molar-refractivity contribution >= 4 is 10.9 Å². The predicted octanol–water partition coefficient (Wildman–Crippen LogP) is 2.58. The van der Waals surface area contributed by atoms with Crippen LogP contribution < -0.4 is 0 Å². The molecule has 19 heavy (non-hydrogen) atoms. The Balaban J connectivity index is 1.77. The van der Waals surface area contributed by atoms with Crippen molar-refractivity contribution in [1.29, 1.82) is 0 Å². The van der Waals surface area contributed by atoms with E-state index in [-0.39, 0.29) is 0 Å². The SMILES string of the molecule is CC1(O)CCCN(Cc2ccc3ncccc3c2)C1. The van der Waals surface area contributed by atoms with Crippen LogP contribution in [0, 0.1) is 0 Å². The maximum absolute atomic E-state index is 10.1. The number of fused-ring (bicyclic) bond motifs is 1. The van der Waals surface area contributed by atoms with Gasteiger partial charge < -0.3 is 5.11 Å². The first-order valence-corrected chi connectivity index (χ1v) is 6.91. The normalized spacial score (nSPS) is 24.7. The summed E-state index contributed by atoms with van der Waals surface area (Å²) in [5.74, 6) is 0. The molecule has 0 spiro atoms. The summed E-state index contributed by atoms with van der Waals surface area (Å²) in [6.07, 6.45) is 3.80. The minimum Gasteiger partial charge on any atom is -0.389 e. The molecule has 1 saturated heterocycles. The fourth-order valence-corrected chi connectivity index (χ4v) is 2.94. The van der Waals surface area contributed by atoms with Crippen molar-refractivity contribution in [3.05, 3.63) is 42.1 Å². The molecule has 1 aliphatic rings. The van der Waals surface area contributed by atoms with Gasteiger partial charge in [0.05, 0.1) is 11.1 Å². The van der Waals surface area contributed by atoms with Crippen LogP contribution in [0.25, 0.3) is 10.9 Å². The number of hydrogen-bond acceptors (Lipinski definition) is 3. The fraction of sp³-hybridized carbons (Fsp3) is 0.438. The number of benzene rings is 1. The van der Waals surface area contributed by atoms with Gasteiger partial charge >= 0.3 is 0 Å². The molecule has 1 aliphatic heterocycles. The molecule has 3 nitrogen and oxygen atoms in total. The van der Waals surface area contributed by atoms with E-state index in [0.29, 0.717) is 0 Å². The lowest BCUT2D eigenvalue weighted by molar-refractivity contribution is -0.0181. The summed E-state index contributed by atoms with van der Waals surface area (Å²) >= 11 is 0. The summed E-state index contributed by atoms with van der Waals surface area (Å²) in [5, 5.41) is 11.3. The molecule has 1 aromatic carbocycles. The van der Waals surface area contributed by atoms with Gasteiger partial charge in [-0.2, -0.15) is 0 Å². The Labute approximate surface area is 113 Å². The zero-order chi connectivity index (χ0) is 13.3. The molecule has 1 unspecified atom stereocenters. The van der Waals surface area contributed by atoms with E-state index < -0.39 is 5.60 Å². The first kappa shape index (κ1) is 12.6. The van der Waals surface area contributed by atoms with E-state index in [1.54, 1.807) is 0 Å². The third-order valence-electron chi connectivity index (χ3n) is 3.83. The Morgan fingerprint density at radius 1 is 1.37 bits per heavy atom. The second-order valence-electron chi connectivity index (χ2n) is 5.84. The largest absolute Gasteiger partial charge is 0.389 e. The molecule has 1 aromatic heterocycles. The molecule has 100 valence electrons. The van der Waals surface area contributed by atoms with Crippen LogP contribution in [0.3, 0.4) is 0 Å². The summed E-state index contributed by atoms with van der Waals surface area (Å²) in [6.45, 7) is 4.67. The highest BCUT2D eigenvalue weighted by Gasteiger charge is 2.28. The standard InChI is InChI=1S/C16H20N2O/c1-16(19)7-3-9-18(12-16)11-13-5-6-15-14(10-13)4-2-8-17-15/h2,4-6,8,10,19H,3,7,9,11-12H2,1H3. The first-order valence-electron chi connectivity index (χ1n) is 6.91. The molecule has 3 heteroatoms. The molecular formula is C16H20N2O. The first-order chi connectivity index (χ1) is 9.12. The Morgan fingerprint density at radius 3 is 3.11 bits per heavy atom. The second-order valence-corrected chi connectivity index (χ2v) is 5.84. The molecule has 2 heterocycles. The minimum atomic E-state index is -0.531. The van der Waals surface area contributed by atoms with Crippen molar-refractivity contribution < 1.29 is 5.11 Å². The van der Waals surface area contributed by atoms with Crippen molar-refractivity contribution in [3.63, 3.8) is 0 Å². The van der Waals surface area contributed by atoms with Crippen LogP contribution in [0.5, 0.6) is 0 Å². The van der Waals surface area contributed by atoms with E-state index in [2.05, 4.69) is 34.1 Å². The number of aromatic nitrogens is 1. The lowest BCUT2D eigenvalue weighted by Crippen LogP contribution is -2.45. The molecular weight excluding hydrogens is 236 g/mol. The Hall–Kier alpha value is -1.45. The topological polar surface area (TPSA) is 36.4 Å². The molecule has 3 rings (SSSR count). The summed E-state index contributed by atoms with van der Waals surface area (Å²) in [7, 11) is 0. The average Bonchev–Trinajstić information content (AvgIpc) is 2.37. The number of piperidine rings is 1. The lowest BCUT2D eigenvalue weighted by Gasteiger charge is -2.36. The summed E-state index contributed by atoms with van der Waals surface area (Å²) in [4.78, 5) is 6.67. The summed E-state index contributed by atoms with van der Waals surface area (Å²) in [5.41, 5.74) is 1.80. The van der Waals surface area contributed by atoms with Crippen molar-refractivity contribution in [2.24, 2.45) is 0 Å². The number of β-amino-alcohol motifs (C(OH)–C–C–N with tert-alkyl or cyclic N) is 1. The van der Waals surface area contributed by atoms with Crippen molar-refractivity contribution in [3.8, 4) is 0 Å². The summed E-state index contributed by atoms with van der Waals surface area (Å²) < 4.78 is 0. The van der Waals surface area contributed by atoms with Gasteiger partial charge in [0.1, 0.15) is 0 Å². The van der Waals surface area contributed by atoms with Gasteiger partial charge in [-0.15, -0.1) is 0 Å². The van der Waals surface area contributed by atoms with Crippen LogP contribution in [0.15, 0.2) is 36.5 Å². The van der Waals surface area contributed by atoms with Gasteiger partial charge in [-0.25, -0.2) is 0 Å². The van der Waals surface area contributed by atoms with E-state index >= 15 is 0 Å². The maximum atomic E-state index is 10.1. The van der Waals surface area contributed by atoms with Gasteiger partial charge in [0.25, 0.3) is 0 Å². The van der Waals surface area contributed by atoms with E-state index in [1.807, 2.05) is 19.2 Å². The Kier molecular flexibility index (Phi) is 3.25. The number of rotatable bonds is 2. The maximum Gasteiger partial charge on any atom is 0.0746 e. The zero-order valence-corrected chi connectivity index (χ0v) is 11.3. The van der Waals surface area contributed by atoms with Crippen LogP contribution in [0.4, 0.5) is 0 Å². The molecule has 1 N–H and O–H groups in total. The van der Waals surface area contributed by atoms with Gasteiger partial charge in [-0.3, -0.25) is 9.88 Å².